The molecule has 0 radical (unpaired) electrons. The first-order valence-corrected chi connectivity index (χ1v) is 3.27. The molecule has 1 aliphatic heterocycles. The normalized spacial score (nSPS) is 18.3. The number of nitrogens with one attached hydrogen (secondary N) is 1. The molecule has 1 aliphatic rings. The van der Waals surface area contributed by atoms with E-state index in [9.17, 15) is 0 Å². The van der Waals surface area contributed by atoms with Crippen LogP contribution in [0.1, 0.15) is 19.8 Å². The van der Waals surface area contributed by atoms with Crippen LogP contribution >= 0.6 is 0 Å². The fourth-order valence-electron chi connectivity index (χ4n) is 1.23. The predicted octanol–water partition coefficient (Wildman–Crippen LogP) is -6.31. The summed E-state index contributed by atoms with van der Waals surface area (Å²) in [6, 6.07) is 0. The zero-order valence-corrected chi connectivity index (χ0v) is 8.13. The van der Waals surface area contributed by atoms with Gasteiger partial charge in [0.2, 0.25) is 0 Å². The first-order valence-electron chi connectivity index (χ1n) is 3.27. The van der Waals surface area contributed by atoms with Crippen LogP contribution in [0.4, 0.5) is 0 Å². The average Bonchev–Trinajstić information content (AvgIpc) is 2.14. The zero-order chi connectivity index (χ0) is 5.11. The van der Waals surface area contributed by atoms with Crippen molar-refractivity contribution in [2.45, 2.75) is 19.8 Å². The van der Waals surface area contributed by atoms with E-state index in [4.69, 9.17) is 0 Å². The summed E-state index contributed by atoms with van der Waals surface area (Å²) in [6.45, 7) is 6.45. The van der Waals surface area contributed by atoms with Gasteiger partial charge in [-0.05, 0) is 6.92 Å². The van der Waals surface area contributed by atoms with E-state index in [0.29, 0.717) is 0 Å². The smallest absolute Gasteiger partial charge is 0.0773 e. The van der Waals surface area contributed by atoms with Crippen molar-refractivity contribution in [1.82, 2.24) is 0 Å². The van der Waals surface area contributed by atoms with Gasteiger partial charge in [-0.1, -0.05) is 0 Å². The van der Waals surface area contributed by atoms with Crippen molar-refractivity contribution in [3.63, 3.8) is 0 Å². The molecule has 0 aromatic rings. The SMILES string of the molecule is CC[NH+]1CCCC1.[Br-].[Cl-]. The molecule has 0 saturated carbocycles. The van der Waals surface area contributed by atoms with Crippen molar-refractivity contribution in [2.24, 2.45) is 0 Å². The highest BCUT2D eigenvalue weighted by molar-refractivity contribution is 4.42. The first kappa shape index (κ1) is 12.4. The summed E-state index contributed by atoms with van der Waals surface area (Å²) in [4.78, 5) is 1.79. The van der Waals surface area contributed by atoms with E-state index < -0.39 is 0 Å². The Morgan fingerprint density at radius 2 is 1.67 bits per heavy atom. The number of quaternary nitrogens is 1. The molecule has 1 saturated heterocycles. The maximum absolute atomic E-state index is 2.26. The maximum atomic E-state index is 2.26. The highest BCUT2D eigenvalue weighted by Crippen LogP contribution is 1.85. The second-order valence-electron chi connectivity index (χ2n) is 2.31. The maximum Gasteiger partial charge on any atom is 0.0773 e. The summed E-state index contributed by atoms with van der Waals surface area (Å²) < 4.78 is 0. The average molecular weight is 216 g/mol. The van der Waals surface area contributed by atoms with Crippen molar-refractivity contribution in [3.8, 4) is 0 Å². The number of hydrogen-bond acceptors (Lipinski definition) is 0. The highest BCUT2D eigenvalue weighted by atomic mass is 79.9. The van der Waals surface area contributed by atoms with Crippen LogP contribution in [0, 0.1) is 0 Å². The third-order valence-electron chi connectivity index (χ3n) is 1.81. The fourth-order valence-corrected chi connectivity index (χ4v) is 1.23. The van der Waals surface area contributed by atoms with Gasteiger partial charge in [-0.25, -0.2) is 0 Å². The van der Waals surface area contributed by atoms with E-state index >= 15 is 0 Å². The number of likely N-dealkylation sites (tertiary alicyclic amines) is 1. The standard InChI is InChI=1S/C6H13N.BrH.ClH/c1-2-7-5-3-4-6-7;;/h2-6H2,1H3;2*1H/p-1. The zero-order valence-electron chi connectivity index (χ0n) is 5.79. The van der Waals surface area contributed by atoms with E-state index in [1.165, 1.54) is 32.5 Å². The molecule has 0 unspecified atom stereocenters. The summed E-state index contributed by atoms with van der Waals surface area (Å²) in [5.74, 6) is 0. The molecule has 0 amide bonds. The van der Waals surface area contributed by atoms with Crippen LogP contribution in [0.3, 0.4) is 0 Å². The second-order valence-corrected chi connectivity index (χ2v) is 2.31. The number of rotatable bonds is 1. The largest absolute Gasteiger partial charge is 1.00 e. The van der Waals surface area contributed by atoms with Gasteiger partial charge in [0, 0.05) is 12.8 Å². The molecule has 58 valence electrons. The molecule has 0 bridgehead atoms. The van der Waals surface area contributed by atoms with Crippen LogP contribution in [-0.4, -0.2) is 19.6 Å². The minimum absolute atomic E-state index is 0. The molecule has 0 aromatic heterocycles. The molecule has 9 heavy (non-hydrogen) atoms. The highest BCUT2D eigenvalue weighted by Gasteiger charge is 2.10. The molecule has 1 rings (SSSR count). The summed E-state index contributed by atoms with van der Waals surface area (Å²) in [5.41, 5.74) is 0. The van der Waals surface area contributed by atoms with Gasteiger partial charge in [-0.2, -0.15) is 0 Å². The van der Waals surface area contributed by atoms with Gasteiger partial charge in [0.15, 0.2) is 0 Å². The minimum Gasteiger partial charge on any atom is -1.00 e. The first-order chi connectivity index (χ1) is 3.43. The van der Waals surface area contributed by atoms with Gasteiger partial charge in [-0.3, -0.25) is 0 Å². The molecule has 0 aromatic carbocycles. The van der Waals surface area contributed by atoms with Gasteiger partial charge in [0.05, 0.1) is 19.6 Å². The van der Waals surface area contributed by atoms with Crippen LogP contribution < -0.4 is 34.3 Å². The Kier molecular flexibility index (Phi) is 9.44. The van der Waals surface area contributed by atoms with E-state index in [1.54, 1.807) is 4.90 Å². The Morgan fingerprint density at radius 1 is 1.22 bits per heavy atom. The van der Waals surface area contributed by atoms with Gasteiger partial charge >= 0.3 is 0 Å². The lowest BCUT2D eigenvalue weighted by atomic mass is 10.4. The van der Waals surface area contributed by atoms with Crippen molar-refractivity contribution in [2.75, 3.05) is 19.6 Å². The molecule has 0 atom stereocenters. The summed E-state index contributed by atoms with van der Waals surface area (Å²) in [7, 11) is 0. The molecule has 1 fully saturated rings. The Bertz CT molecular complexity index is 55.0. The Balaban J connectivity index is 0. The Labute approximate surface area is 74.0 Å². The molecule has 0 spiro atoms. The topological polar surface area (TPSA) is 4.44 Å². The molecule has 1 N–H and O–H groups in total. The Morgan fingerprint density at radius 3 is 1.89 bits per heavy atom. The molecular formula is C6H14BrClN-. The lowest BCUT2D eigenvalue weighted by Crippen LogP contribution is -3.09. The van der Waals surface area contributed by atoms with Gasteiger partial charge in [0.25, 0.3) is 0 Å². The molecule has 1 nitrogen and oxygen atoms in total. The van der Waals surface area contributed by atoms with Crippen LogP contribution in [-0.2, 0) is 0 Å². The lowest BCUT2D eigenvalue weighted by molar-refractivity contribution is -0.885. The molecule has 1 heterocycles. The van der Waals surface area contributed by atoms with Crippen molar-refractivity contribution < 1.29 is 34.3 Å². The van der Waals surface area contributed by atoms with Crippen LogP contribution in [0.5, 0.6) is 0 Å². The minimum atomic E-state index is 0. The summed E-state index contributed by atoms with van der Waals surface area (Å²) >= 11 is 0. The van der Waals surface area contributed by atoms with Crippen molar-refractivity contribution in [1.29, 1.82) is 0 Å². The van der Waals surface area contributed by atoms with E-state index in [-0.39, 0.29) is 29.4 Å². The fraction of sp³-hybridized carbons (Fsp3) is 1.00. The summed E-state index contributed by atoms with van der Waals surface area (Å²) in [6.07, 6.45) is 2.92. The van der Waals surface area contributed by atoms with Gasteiger partial charge in [0.1, 0.15) is 0 Å². The van der Waals surface area contributed by atoms with Crippen molar-refractivity contribution in [3.05, 3.63) is 0 Å². The van der Waals surface area contributed by atoms with E-state index in [1.807, 2.05) is 0 Å². The summed E-state index contributed by atoms with van der Waals surface area (Å²) in [5, 5.41) is 0. The van der Waals surface area contributed by atoms with Gasteiger partial charge in [-0.15, -0.1) is 0 Å². The van der Waals surface area contributed by atoms with E-state index in [0.717, 1.165) is 0 Å². The van der Waals surface area contributed by atoms with Crippen LogP contribution in [0.2, 0.25) is 0 Å². The van der Waals surface area contributed by atoms with Crippen molar-refractivity contribution >= 4 is 0 Å². The third kappa shape index (κ3) is 4.18. The monoisotopic (exact) mass is 214 g/mol. The number of hydrogen-bond donors (Lipinski definition) is 1. The number of halogens is 2. The van der Waals surface area contributed by atoms with Crippen LogP contribution in [0.25, 0.3) is 0 Å². The van der Waals surface area contributed by atoms with Crippen LogP contribution in [0.15, 0.2) is 0 Å². The third-order valence-corrected chi connectivity index (χ3v) is 1.81. The van der Waals surface area contributed by atoms with Gasteiger partial charge < -0.3 is 34.3 Å². The molecule has 3 heteroatoms. The molecular weight excluding hydrogens is 201 g/mol. The van der Waals surface area contributed by atoms with E-state index in [2.05, 4.69) is 6.92 Å². The molecule has 0 aliphatic carbocycles. The second kappa shape index (κ2) is 6.84. The lowest BCUT2D eigenvalue weighted by Gasteiger charge is -2.05. The Hall–Kier alpha value is 0.730. The quantitative estimate of drug-likeness (QED) is 0.444. The predicted molar refractivity (Wildman–Crippen MR) is 30.5 cm³/mol.